The summed E-state index contributed by atoms with van der Waals surface area (Å²) in [7, 11) is 0. The summed E-state index contributed by atoms with van der Waals surface area (Å²) in [5.74, 6) is 0. The SMILES string of the molecule is CCCCNCCN(CCC)CCN. The van der Waals surface area contributed by atoms with Crippen LogP contribution < -0.4 is 11.1 Å². The molecular weight excluding hydrogens is 174 g/mol. The Balaban J connectivity index is 3.30. The first-order valence-electron chi connectivity index (χ1n) is 5.98. The van der Waals surface area contributed by atoms with Crippen LogP contribution in [0, 0.1) is 0 Å². The normalized spacial score (nSPS) is 11.1. The Morgan fingerprint density at radius 2 is 1.79 bits per heavy atom. The predicted molar refractivity (Wildman–Crippen MR) is 63.6 cm³/mol. The molecule has 0 aromatic heterocycles. The van der Waals surface area contributed by atoms with Crippen molar-refractivity contribution in [1.82, 2.24) is 10.2 Å². The number of nitrogens with zero attached hydrogens (tertiary/aromatic N) is 1. The fourth-order valence-electron chi connectivity index (χ4n) is 1.50. The number of nitrogens with two attached hydrogens (primary N) is 1. The van der Waals surface area contributed by atoms with Crippen molar-refractivity contribution >= 4 is 0 Å². The molecule has 3 N–H and O–H groups in total. The van der Waals surface area contributed by atoms with E-state index < -0.39 is 0 Å². The molecule has 0 aliphatic heterocycles. The van der Waals surface area contributed by atoms with Gasteiger partial charge in [-0.2, -0.15) is 0 Å². The second-order valence-corrected chi connectivity index (χ2v) is 3.73. The Bertz CT molecular complexity index is 101. The lowest BCUT2D eigenvalue weighted by Crippen LogP contribution is -2.36. The zero-order chi connectivity index (χ0) is 10.6. The van der Waals surface area contributed by atoms with Crippen LogP contribution in [0.25, 0.3) is 0 Å². The summed E-state index contributed by atoms with van der Waals surface area (Å²) >= 11 is 0. The summed E-state index contributed by atoms with van der Waals surface area (Å²) in [5, 5.41) is 3.45. The highest BCUT2D eigenvalue weighted by Gasteiger charge is 2.00. The molecule has 0 atom stereocenters. The van der Waals surface area contributed by atoms with Crippen LogP contribution in [-0.2, 0) is 0 Å². The molecule has 0 aromatic rings. The maximum Gasteiger partial charge on any atom is 0.0107 e. The fraction of sp³-hybridized carbons (Fsp3) is 1.00. The van der Waals surface area contributed by atoms with Crippen LogP contribution in [0.15, 0.2) is 0 Å². The van der Waals surface area contributed by atoms with Crippen molar-refractivity contribution in [3.8, 4) is 0 Å². The minimum absolute atomic E-state index is 0.773. The van der Waals surface area contributed by atoms with Crippen LogP contribution in [0.4, 0.5) is 0 Å². The highest BCUT2D eigenvalue weighted by molar-refractivity contribution is 4.59. The Kier molecular flexibility index (Phi) is 10.9. The zero-order valence-electron chi connectivity index (χ0n) is 9.89. The lowest BCUT2D eigenvalue weighted by molar-refractivity contribution is 0.281. The smallest absolute Gasteiger partial charge is 0.0107 e. The molecule has 0 bridgehead atoms. The summed E-state index contributed by atoms with van der Waals surface area (Å²) in [4.78, 5) is 2.43. The van der Waals surface area contributed by atoms with E-state index in [2.05, 4.69) is 24.1 Å². The molecule has 0 fully saturated rings. The Hall–Kier alpha value is -0.120. The van der Waals surface area contributed by atoms with Gasteiger partial charge in [-0.25, -0.2) is 0 Å². The van der Waals surface area contributed by atoms with Gasteiger partial charge in [0.25, 0.3) is 0 Å². The highest BCUT2D eigenvalue weighted by Crippen LogP contribution is 1.89. The first-order chi connectivity index (χ1) is 6.85. The predicted octanol–water partition coefficient (Wildman–Crippen LogP) is 1.05. The van der Waals surface area contributed by atoms with E-state index in [0.29, 0.717) is 0 Å². The first-order valence-corrected chi connectivity index (χ1v) is 5.98. The molecule has 14 heavy (non-hydrogen) atoms. The van der Waals surface area contributed by atoms with Gasteiger partial charge >= 0.3 is 0 Å². The minimum Gasteiger partial charge on any atom is -0.329 e. The average Bonchev–Trinajstić information content (AvgIpc) is 2.18. The van der Waals surface area contributed by atoms with E-state index in [0.717, 1.165) is 32.7 Å². The molecule has 0 aliphatic carbocycles. The van der Waals surface area contributed by atoms with E-state index in [-0.39, 0.29) is 0 Å². The van der Waals surface area contributed by atoms with Crippen molar-refractivity contribution in [2.75, 3.05) is 39.3 Å². The summed E-state index contributed by atoms with van der Waals surface area (Å²) < 4.78 is 0. The molecule has 0 saturated heterocycles. The maximum atomic E-state index is 5.55. The molecule has 0 radical (unpaired) electrons. The zero-order valence-corrected chi connectivity index (χ0v) is 9.89. The van der Waals surface area contributed by atoms with Crippen LogP contribution >= 0.6 is 0 Å². The summed E-state index contributed by atoms with van der Waals surface area (Å²) in [6, 6.07) is 0. The molecule has 86 valence electrons. The molecule has 0 saturated carbocycles. The van der Waals surface area contributed by atoms with E-state index in [9.17, 15) is 0 Å². The molecule has 0 aliphatic rings. The monoisotopic (exact) mass is 201 g/mol. The van der Waals surface area contributed by atoms with E-state index >= 15 is 0 Å². The second-order valence-electron chi connectivity index (χ2n) is 3.73. The van der Waals surface area contributed by atoms with Crippen molar-refractivity contribution in [2.24, 2.45) is 5.73 Å². The molecule has 0 heterocycles. The number of nitrogens with one attached hydrogen (secondary N) is 1. The lowest BCUT2D eigenvalue weighted by atomic mass is 10.3. The van der Waals surface area contributed by atoms with Crippen molar-refractivity contribution in [1.29, 1.82) is 0 Å². The second kappa shape index (κ2) is 11.0. The van der Waals surface area contributed by atoms with Crippen LogP contribution in [0.1, 0.15) is 33.1 Å². The summed E-state index contributed by atoms with van der Waals surface area (Å²) in [6.07, 6.45) is 3.77. The average molecular weight is 201 g/mol. The van der Waals surface area contributed by atoms with Gasteiger partial charge in [-0.15, -0.1) is 0 Å². The molecular formula is C11H27N3. The van der Waals surface area contributed by atoms with Crippen LogP contribution in [-0.4, -0.2) is 44.2 Å². The quantitative estimate of drug-likeness (QED) is 0.519. The van der Waals surface area contributed by atoms with E-state index in [4.69, 9.17) is 5.73 Å². The van der Waals surface area contributed by atoms with Gasteiger partial charge in [0.15, 0.2) is 0 Å². The van der Waals surface area contributed by atoms with Crippen LogP contribution in [0.2, 0.25) is 0 Å². The van der Waals surface area contributed by atoms with Gasteiger partial charge in [0.1, 0.15) is 0 Å². The number of hydrogen-bond acceptors (Lipinski definition) is 3. The summed E-state index contributed by atoms with van der Waals surface area (Å²) in [6.45, 7) is 10.8. The number of unbranched alkanes of at least 4 members (excludes halogenated alkanes) is 1. The van der Waals surface area contributed by atoms with E-state index in [1.165, 1.54) is 25.8 Å². The molecule has 3 heteroatoms. The van der Waals surface area contributed by atoms with Gasteiger partial charge in [-0.3, -0.25) is 0 Å². The Morgan fingerprint density at radius 1 is 1.00 bits per heavy atom. The van der Waals surface area contributed by atoms with Gasteiger partial charge in [-0.1, -0.05) is 20.3 Å². The minimum atomic E-state index is 0.773. The van der Waals surface area contributed by atoms with Gasteiger partial charge in [0.2, 0.25) is 0 Å². The van der Waals surface area contributed by atoms with Crippen molar-refractivity contribution in [3.05, 3.63) is 0 Å². The standard InChI is InChI=1S/C11H27N3/c1-3-5-7-13-8-11-14(9-4-2)10-6-12/h13H,3-12H2,1-2H3. The van der Waals surface area contributed by atoms with Crippen LogP contribution in [0.5, 0.6) is 0 Å². The first kappa shape index (κ1) is 13.9. The largest absolute Gasteiger partial charge is 0.329 e. The molecule has 0 amide bonds. The Morgan fingerprint density at radius 3 is 2.36 bits per heavy atom. The molecule has 0 unspecified atom stereocenters. The van der Waals surface area contributed by atoms with Gasteiger partial charge in [0, 0.05) is 26.2 Å². The van der Waals surface area contributed by atoms with E-state index in [1.807, 2.05) is 0 Å². The third-order valence-corrected chi connectivity index (χ3v) is 2.30. The third kappa shape index (κ3) is 8.48. The topological polar surface area (TPSA) is 41.3 Å². The van der Waals surface area contributed by atoms with Crippen molar-refractivity contribution < 1.29 is 0 Å². The Labute approximate surface area is 89.0 Å². The van der Waals surface area contributed by atoms with Gasteiger partial charge in [0.05, 0.1) is 0 Å². The van der Waals surface area contributed by atoms with E-state index in [1.54, 1.807) is 0 Å². The maximum absolute atomic E-state index is 5.55. The van der Waals surface area contributed by atoms with Crippen molar-refractivity contribution in [3.63, 3.8) is 0 Å². The molecule has 0 aromatic carbocycles. The summed E-state index contributed by atoms with van der Waals surface area (Å²) in [5.41, 5.74) is 5.55. The lowest BCUT2D eigenvalue weighted by Gasteiger charge is -2.20. The number of hydrogen-bond donors (Lipinski definition) is 2. The fourth-order valence-corrected chi connectivity index (χ4v) is 1.50. The van der Waals surface area contributed by atoms with Crippen LogP contribution in [0.3, 0.4) is 0 Å². The van der Waals surface area contributed by atoms with Gasteiger partial charge < -0.3 is 16.0 Å². The van der Waals surface area contributed by atoms with Crippen molar-refractivity contribution in [2.45, 2.75) is 33.1 Å². The molecule has 0 rings (SSSR count). The highest BCUT2D eigenvalue weighted by atomic mass is 15.1. The third-order valence-electron chi connectivity index (χ3n) is 2.30. The molecule has 0 spiro atoms. The van der Waals surface area contributed by atoms with Gasteiger partial charge in [-0.05, 0) is 25.9 Å². The number of rotatable bonds is 10. The molecule has 3 nitrogen and oxygen atoms in total.